The molecule has 1 aromatic heterocycles. The van der Waals surface area contributed by atoms with Crippen LogP contribution in [0.25, 0.3) is 0 Å². The maximum Gasteiger partial charge on any atom is 0.140 e. The van der Waals surface area contributed by atoms with Gasteiger partial charge in [-0.2, -0.15) is 0 Å². The molecular formula is C30H33N3O4S. The maximum absolute atomic E-state index is 11.2. The first-order chi connectivity index (χ1) is 18.5. The first-order valence-corrected chi connectivity index (χ1v) is 13.6. The standard InChI is InChI=1S/C30H33N3O4S/c1-21-26(22(2)37-31-21)20-36-25-13-11-23(12-14-25)17-32(15-16-34)18-24(35)19-33-27-7-3-5-9-29(27)38-30-10-6-4-8-28(30)33/h3-14,24,34-35H,15-20H2,1-2H3/t24-/m0/s1. The van der Waals surface area contributed by atoms with Crippen LogP contribution < -0.4 is 9.64 Å². The Hall–Kier alpha value is -3.30. The van der Waals surface area contributed by atoms with Crippen molar-refractivity contribution < 1.29 is 19.5 Å². The summed E-state index contributed by atoms with van der Waals surface area (Å²) in [4.78, 5) is 6.65. The Labute approximate surface area is 227 Å². The van der Waals surface area contributed by atoms with Gasteiger partial charge < -0.3 is 24.4 Å². The number of rotatable bonds is 11. The van der Waals surface area contributed by atoms with Crippen LogP contribution in [0.3, 0.4) is 0 Å². The number of benzene rings is 3. The van der Waals surface area contributed by atoms with Crippen molar-refractivity contribution >= 4 is 23.1 Å². The van der Waals surface area contributed by atoms with Gasteiger partial charge >= 0.3 is 0 Å². The van der Waals surface area contributed by atoms with Gasteiger partial charge in [0.2, 0.25) is 0 Å². The molecule has 1 aliphatic heterocycles. The molecule has 1 atom stereocenters. The Morgan fingerprint density at radius 3 is 2.24 bits per heavy atom. The number of fused-ring (bicyclic) bond motifs is 2. The number of nitrogens with zero attached hydrogens (tertiary/aromatic N) is 3. The average molecular weight is 532 g/mol. The molecular weight excluding hydrogens is 498 g/mol. The molecule has 3 aromatic carbocycles. The van der Waals surface area contributed by atoms with Gasteiger partial charge in [-0.05, 0) is 55.8 Å². The smallest absolute Gasteiger partial charge is 0.140 e. The number of hydrogen-bond donors (Lipinski definition) is 2. The van der Waals surface area contributed by atoms with Gasteiger partial charge in [0.1, 0.15) is 18.1 Å². The van der Waals surface area contributed by atoms with Crippen LogP contribution in [-0.2, 0) is 13.2 Å². The van der Waals surface area contributed by atoms with E-state index < -0.39 is 6.10 Å². The molecule has 0 bridgehead atoms. The van der Waals surface area contributed by atoms with E-state index in [0.717, 1.165) is 39.7 Å². The minimum atomic E-state index is -0.608. The molecule has 0 radical (unpaired) electrons. The molecule has 0 amide bonds. The van der Waals surface area contributed by atoms with Crippen LogP contribution in [0, 0.1) is 13.8 Å². The van der Waals surface area contributed by atoms with Crippen molar-refractivity contribution in [3.05, 3.63) is 95.4 Å². The molecule has 0 saturated carbocycles. The highest BCUT2D eigenvalue weighted by atomic mass is 32.2. The van der Waals surface area contributed by atoms with Gasteiger partial charge in [-0.1, -0.05) is 53.3 Å². The van der Waals surface area contributed by atoms with Crippen LogP contribution >= 0.6 is 11.8 Å². The van der Waals surface area contributed by atoms with Crippen LogP contribution in [0.1, 0.15) is 22.6 Å². The third kappa shape index (κ3) is 6.05. The highest BCUT2D eigenvalue weighted by Gasteiger charge is 2.25. The second kappa shape index (κ2) is 12.0. The summed E-state index contributed by atoms with van der Waals surface area (Å²) in [6.07, 6.45) is -0.608. The lowest BCUT2D eigenvalue weighted by Gasteiger charge is -2.35. The molecule has 7 nitrogen and oxygen atoms in total. The normalized spacial score (nSPS) is 13.3. The van der Waals surface area contributed by atoms with Crippen LogP contribution in [0.2, 0.25) is 0 Å². The van der Waals surface area contributed by atoms with Gasteiger partial charge in [0, 0.05) is 29.4 Å². The van der Waals surface area contributed by atoms with E-state index in [0.29, 0.717) is 32.8 Å². The number of anilines is 2. The number of hydrogen-bond acceptors (Lipinski definition) is 8. The van der Waals surface area contributed by atoms with Gasteiger partial charge in [0.05, 0.1) is 41.9 Å². The zero-order valence-electron chi connectivity index (χ0n) is 21.7. The second-order valence-corrected chi connectivity index (χ2v) is 10.6. The zero-order valence-corrected chi connectivity index (χ0v) is 22.5. The van der Waals surface area contributed by atoms with E-state index in [-0.39, 0.29) is 6.61 Å². The topological polar surface area (TPSA) is 82.2 Å². The zero-order chi connectivity index (χ0) is 26.5. The Kier molecular flexibility index (Phi) is 8.34. The molecule has 8 heteroatoms. The van der Waals surface area contributed by atoms with Gasteiger partial charge in [-0.25, -0.2) is 0 Å². The van der Waals surface area contributed by atoms with Crippen molar-refractivity contribution in [3.63, 3.8) is 0 Å². The van der Waals surface area contributed by atoms with E-state index >= 15 is 0 Å². The van der Waals surface area contributed by atoms with Crippen LogP contribution in [-0.4, -0.2) is 52.6 Å². The largest absolute Gasteiger partial charge is 0.489 e. The molecule has 0 saturated heterocycles. The molecule has 0 unspecified atom stereocenters. The lowest BCUT2D eigenvalue weighted by Crippen LogP contribution is -2.40. The summed E-state index contributed by atoms with van der Waals surface area (Å²) in [5.41, 5.74) is 5.11. The van der Waals surface area contributed by atoms with Crippen molar-refractivity contribution in [1.82, 2.24) is 10.1 Å². The fourth-order valence-corrected chi connectivity index (χ4v) is 5.83. The maximum atomic E-state index is 11.2. The number of para-hydroxylation sites is 2. The molecule has 38 heavy (non-hydrogen) atoms. The van der Waals surface area contributed by atoms with E-state index in [4.69, 9.17) is 9.26 Å². The van der Waals surface area contributed by atoms with Gasteiger partial charge in [-0.15, -0.1) is 0 Å². The van der Waals surface area contributed by atoms with E-state index in [2.05, 4.69) is 39.2 Å². The lowest BCUT2D eigenvalue weighted by molar-refractivity contribution is 0.100. The van der Waals surface area contributed by atoms with Crippen molar-refractivity contribution in [2.75, 3.05) is 31.1 Å². The monoisotopic (exact) mass is 531 g/mol. The summed E-state index contributed by atoms with van der Waals surface area (Å²) in [6, 6.07) is 24.5. The van der Waals surface area contributed by atoms with Crippen LogP contribution in [0.5, 0.6) is 5.75 Å². The Bertz CT molecular complexity index is 1290. The minimum absolute atomic E-state index is 0.0252. The SMILES string of the molecule is Cc1noc(C)c1COc1ccc(CN(CCO)C[C@H](O)CN2c3ccccc3Sc3ccccc32)cc1. The number of aryl methyl sites for hydroxylation is 2. The summed E-state index contributed by atoms with van der Waals surface area (Å²) < 4.78 is 11.1. The molecule has 0 fully saturated rings. The highest BCUT2D eigenvalue weighted by molar-refractivity contribution is 7.99. The van der Waals surface area contributed by atoms with Gasteiger partial charge in [0.15, 0.2) is 0 Å². The van der Waals surface area contributed by atoms with E-state index in [1.165, 1.54) is 9.79 Å². The minimum Gasteiger partial charge on any atom is -0.489 e. The summed E-state index contributed by atoms with van der Waals surface area (Å²) in [5.74, 6) is 1.54. The third-order valence-electron chi connectivity index (χ3n) is 6.70. The second-order valence-electron chi connectivity index (χ2n) is 9.50. The molecule has 0 spiro atoms. The highest BCUT2D eigenvalue weighted by Crippen LogP contribution is 2.47. The molecule has 4 aromatic rings. The van der Waals surface area contributed by atoms with Crippen LogP contribution in [0.15, 0.2) is 87.1 Å². The van der Waals surface area contributed by atoms with Crippen molar-refractivity contribution in [2.24, 2.45) is 0 Å². The van der Waals surface area contributed by atoms with Gasteiger partial charge in [0.25, 0.3) is 0 Å². The van der Waals surface area contributed by atoms with Crippen molar-refractivity contribution in [2.45, 2.75) is 42.9 Å². The third-order valence-corrected chi connectivity index (χ3v) is 7.83. The molecule has 5 rings (SSSR count). The van der Waals surface area contributed by atoms with Crippen LogP contribution in [0.4, 0.5) is 11.4 Å². The number of ether oxygens (including phenoxy) is 1. The lowest BCUT2D eigenvalue weighted by atomic mass is 10.1. The van der Waals surface area contributed by atoms with E-state index in [1.807, 2.05) is 62.4 Å². The summed E-state index contributed by atoms with van der Waals surface area (Å²) in [7, 11) is 0. The summed E-state index contributed by atoms with van der Waals surface area (Å²) >= 11 is 1.76. The van der Waals surface area contributed by atoms with E-state index in [1.54, 1.807) is 11.8 Å². The number of β-amino-alcohol motifs (C(OH)–C–C–N with tert-alkyl or cyclic N) is 1. The summed E-state index contributed by atoms with van der Waals surface area (Å²) in [5, 5.41) is 24.8. The van der Waals surface area contributed by atoms with Crippen molar-refractivity contribution in [3.8, 4) is 5.75 Å². The Morgan fingerprint density at radius 1 is 0.974 bits per heavy atom. The fourth-order valence-electron chi connectivity index (χ4n) is 4.73. The first kappa shape index (κ1) is 26.3. The quantitative estimate of drug-likeness (QED) is 0.269. The number of aliphatic hydroxyl groups is 2. The fraction of sp³-hybridized carbons (Fsp3) is 0.300. The Balaban J connectivity index is 1.22. The van der Waals surface area contributed by atoms with Gasteiger partial charge in [-0.3, -0.25) is 4.90 Å². The number of aliphatic hydroxyl groups excluding tert-OH is 2. The summed E-state index contributed by atoms with van der Waals surface area (Å²) in [6.45, 7) is 6.22. The average Bonchev–Trinajstić information content (AvgIpc) is 3.25. The molecule has 0 aliphatic carbocycles. The van der Waals surface area contributed by atoms with Crippen molar-refractivity contribution in [1.29, 1.82) is 0 Å². The molecule has 2 heterocycles. The van der Waals surface area contributed by atoms with E-state index in [9.17, 15) is 10.2 Å². The Morgan fingerprint density at radius 2 is 1.63 bits per heavy atom. The molecule has 1 aliphatic rings. The predicted octanol–water partition coefficient (Wildman–Crippen LogP) is 5.33. The molecule has 2 N–H and O–H groups in total. The number of aromatic nitrogens is 1. The predicted molar refractivity (Wildman–Crippen MR) is 149 cm³/mol. The molecule has 198 valence electrons. The first-order valence-electron chi connectivity index (χ1n) is 12.8.